The topological polar surface area (TPSA) is 73.6 Å². The number of carbonyl (C=O) groups is 1. The number of nitrogens with two attached hydrogens (primary N) is 1. The van der Waals surface area contributed by atoms with Crippen molar-refractivity contribution in [2.24, 2.45) is 11.7 Å². The summed E-state index contributed by atoms with van der Waals surface area (Å²) in [4.78, 5) is 13.8. The van der Waals surface area contributed by atoms with E-state index in [-0.39, 0.29) is 17.4 Å². The number of carbonyl (C=O) groups excluding carboxylic acids is 1. The van der Waals surface area contributed by atoms with Crippen LogP contribution in [0, 0.1) is 5.92 Å². The number of hydrogen-bond acceptors (Lipinski definition) is 6. The number of fused-ring (bicyclic) bond motifs is 1. The minimum Gasteiger partial charge on any atom is -0.368 e. The van der Waals surface area contributed by atoms with Crippen LogP contribution >= 0.6 is 11.8 Å². The average Bonchev–Trinajstić information content (AvgIpc) is 3.21. The molecule has 3 saturated heterocycles. The molecule has 4 unspecified atom stereocenters. The molecule has 7 heteroatoms. The van der Waals surface area contributed by atoms with Gasteiger partial charge in [-0.25, -0.2) is 10.4 Å². The van der Waals surface area contributed by atoms with Crippen molar-refractivity contribution in [3.05, 3.63) is 0 Å². The summed E-state index contributed by atoms with van der Waals surface area (Å²) < 4.78 is 0. The Morgan fingerprint density at radius 2 is 1.91 bits per heavy atom. The average molecular weight is 325 g/mol. The fourth-order valence-electron chi connectivity index (χ4n) is 4.51. The fraction of sp³-hybridized carbons (Fsp3) is 0.933. The van der Waals surface area contributed by atoms with Crippen LogP contribution in [0.5, 0.6) is 0 Å². The molecule has 3 aliphatic heterocycles. The van der Waals surface area contributed by atoms with Crippen molar-refractivity contribution in [1.29, 1.82) is 0 Å². The number of thioether (sulfide) groups is 1. The van der Waals surface area contributed by atoms with Gasteiger partial charge in [0.1, 0.15) is 11.0 Å². The highest BCUT2D eigenvalue weighted by Gasteiger charge is 2.46. The van der Waals surface area contributed by atoms with Gasteiger partial charge in [-0.3, -0.25) is 15.0 Å². The number of primary amides is 1. The summed E-state index contributed by atoms with van der Waals surface area (Å²) in [6, 6.07) is 0.524. The molecule has 3 heterocycles. The van der Waals surface area contributed by atoms with Gasteiger partial charge in [0.25, 0.3) is 0 Å². The van der Waals surface area contributed by atoms with Crippen LogP contribution < -0.4 is 16.5 Å². The van der Waals surface area contributed by atoms with Gasteiger partial charge in [-0.05, 0) is 31.6 Å². The van der Waals surface area contributed by atoms with Gasteiger partial charge in [-0.2, -0.15) is 0 Å². The number of rotatable bonds is 3. The predicted molar refractivity (Wildman–Crippen MR) is 87.4 cm³/mol. The minimum absolute atomic E-state index is 0.0980. The smallest absolute Gasteiger partial charge is 0.234 e. The van der Waals surface area contributed by atoms with Gasteiger partial charge in [-0.15, -0.1) is 0 Å². The largest absolute Gasteiger partial charge is 0.368 e. The molecule has 0 aromatic heterocycles. The van der Waals surface area contributed by atoms with Gasteiger partial charge in [0.15, 0.2) is 0 Å². The number of nitrogens with zero attached hydrogens (tertiary/aromatic N) is 2. The molecule has 1 amide bonds. The molecule has 1 saturated carbocycles. The molecule has 0 aromatic rings. The molecule has 4 aliphatic rings. The highest BCUT2D eigenvalue weighted by atomic mass is 32.2. The standard InChI is InChI=1S/C15H27N5OS/c16-13(21)12-7-4-8-19(12)15-18-20-9-11(17-14(20)22-15)10-5-2-1-3-6-10/h10-12,14-15,17-18H,1-9H2,(H2,16,21). The van der Waals surface area contributed by atoms with E-state index in [1.54, 1.807) is 0 Å². The van der Waals surface area contributed by atoms with Crippen LogP contribution in [0.2, 0.25) is 0 Å². The van der Waals surface area contributed by atoms with E-state index in [0.29, 0.717) is 11.5 Å². The molecule has 4 atom stereocenters. The summed E-state index contributed by atoms with van der Waals surface area (Å²) in [5.74, 6) is 0.658. The van der Waals surface area contributed by atoms with Gasteiger partial charge >= 0.3 is 0 Å². The summed E-state index contributed by atoms with van der Waals surface area (Å²) in [6.07, 6.45) is 8.92. The van der Waals surface area contributed by atoms with Crippen LogP contribution in [-0.2, 0) is 4.79 Å². The summed E-state index contributed by atoms with van der Waals surface area (Å²) in [6.45, 7) is 2.04. The number of nitrogens with one attached hydrogen (secondary N) is 2. The molecular weight excluding hydrogens is 298 g/mol. The maximum absolute atomic E-state index is 11.6. The monoisotopic (exact) mass is 325 g/mol. The Hall–Kier alpha value is -0.340. The summed E-state index contributed by atoms with van der Waals surface area (Å²) >= 11 is 1.89. The molecule has 4 fully saturated rings. The Bertz CT molecular complexity index is 416. The molecule has 0 aromatic carbocycles. The van der Waals surface area contributed by atoms with Crippen LogP contribution in [0.25, 0.3) is 0 Å². The Labute approximate surface area is 136 Å². The molecule has 124 valence electrons. The van der Waals surface area contributed by atoms with Crippen LogP contribution in [0.15, 0.2) is 0 Å². The molecule has 1 aliphatic carbocycles. The second kappa shape index (κ2) is 6.28. The van der Waals surface area contributed by atoms with Gasteiger partial charge < -0.3 is 5.73 Å². The van der Waals surface area contributed by atoms with Crippen molar-refractivity contribution >= 4 is 17.7 Å². The van der Waals surface area contributed by atoms with E-state index in [1.807, 2.05) is 11.8 Å². The predicted octanol–water partition coefficient (Wildman–Crippen LogP) is 0.609. The molecule has 0 radical (unpaired) electrons. The van der Waals surface area contributed by atoms with Crippen molar-refractivity contribution in [3.8, 4) is 0 Å². The number of likely N-dealkylation sites (tertiary alicyclic amines) is 1. The van der Waals surface area contributed by atoms with Crippen LogP contribution in [0.3, 0.4) is 0 Å². The summed E-state index contributed by atoms with van der Waals surface area (Å²) in [7, 11) is 0. The molecule has 6 nitrogen and oxygen atoms in total. The third-order valence-electron chi connectivity index (χ3n) is 5.71. The van der Waals surface area contributed by atoms with Crippen molar-refractivity contribution in [3.63, 3.8) is 0 Å². The Balaban J connectivity index is 1.34. The number of hydrogen-bond donors (Lipinski definition) is 3. The highest BCUT2D eigenvalue weighted by Crippen LogP contribution is 2.37. The second-order valence-corrected chi connectivity index (χ2v) is 8.26. The molecule has 22 heavy (non-hydrogen) atoms. The number of hydrazine groups is 1. The third kappa shape index (κ3) is 2.78. The molecule has 4 N–H and O–H groups in total. The van der Waals surface area contributed by atoms with E-state index in [9.17, 15) is 4.79 Å². The lowest BCUT2D eigenvalue weighted by atomic mass is 9.84. The van der Waals surface area contributed by atoms with Crippen LogP contribution in [0.1, 0.15) is 44.9 Å². The Morgan fingerprint density at radius 3 is 2.64 bits per heavy atom. The zero-order valence-corrected chi connectivity index (χ0v) is 13.9. The molecule has 0 bridgehead atoms. The first kappa shape index (κ1) is 15.2. The normalized spacial score (nSPS) is 41.1. The van der Waals surface area contributed by atoms with E-state index >= 15 is 0 Å². The van der Waals surface area contributed by atoms with Crippen molar-refractivity contribution in [2.75, 3.05) is 13.1 Å². The second-order valence-electron chi connectivity index (χ2n) is 7.09. The summed E-state index contributed by atoms with van der Waals surface area (Å²) in [5.41, 5.74) is 9.67. The number of amides is 1. The van der Waals surface area contributed by atoms with Crippen molar-refractivity contribution in [1.82, 2.24) is 20.7 Å². The first-order valence-electron chi connectivity index (χ1n) is 8.72. The Kier molecular flexibility index (Phi) is 4.34. The fourth-order valence-corrected chi connectivity index (χ4v) is 5.91. The van der Waals surface area contributed by atoms with Crippen molar-refractivity contribution < 1.29 is 4.79 Å². The van der Waals surface area contributed by atoms with Gasteiger partial charge in [-0.1, -0.05) is 31.0 Å². The molecule has 0 spiro atoms. The molecule has 4 rings (SSSR count). The van der Waals surface area contributed by atoms with E-state index in [2.05, 4.69) is 20.7 Å². The lowest BCUT2D eigenvalue weighted by Crippen LogP contribution is -2.51. The van der Waals surface area contributed by atoms with E-state index in [4.69, 9.17) is 5.73 Å². The van der Waals surface area contributed by atoms with Gasteiger partial charge in [0.05, 0.1) is 6.04 Å². The quantitative estimate of drug-likeness (QED) is 0.706. The first-order valence-corrected chi connectivity index (χ1v) is 9.66. The lowest BCUT2D eigenvalue weighted by Gasteiger charge is -2.31. The maximum atomic E-state index is 11.6. The van der Waals surface area contributed by atoms with Gasteiger partial charge in [0, 0.05) is 19.1 Å². The highest BCUT2D eigenvalue weighted by molar-refractivity contribution is 8.00. The van der Waals surface area contributed by atoms with E-state index < -0.39 is 0 Å². The van der Waals surface area contributed by atoms with E-state index in [1.165, 1.54) is 32.1 Å². The van der Waals surface area contributed by atoms with E-state index in [0.717, 1.165) is 31.8 Å². The van der Waals surface area contributed by atoms with Crippen LogP contribution in [-0.4, -0.2) is 52.0 Å². The third-order valence-corrected chi connectivity index (χ3v) is 6.99. The Morgan fingerprint density at radius 1 is 1.09 bits per heavy atom. The maximum Gasteiger partial charge on any atom is 0.234 e. The summed E-state index contributed by atoms with van der Waals surface area (Å²) in [5, 5.41) is 6.14. The lowest BCUT2D eigenvalue weighted by molar-refractivity contribution is -0.122. The molecular formula is C15H27N5OS. The van der Waals surface area contributed by atoms with Crippen LogP contribution in [0.4, 0.5) is 0 Å². The van der Waals surface area contributed by atoms with Crippen molar-refractivity contribution in [2.45, 2.75) is 68.0 Å². The zero-order valence-electron chi connectivity index (χ0n) is 13.0. The zero-order chi connectivity index (χ0) is 15.1. The minimum atomic E-state index is -0.181. The first-order chi connectivity index (χ1) is 10.7. The SMILES string of the molecule is NC(=O)C1CCCN1C1NN2CC(C3CCCCC3)NC2S1. The van der Waals surface area contributed by atoms with Gasteiger partial charge in [0.2, 0.25) is 5.91 Å².